The summed E-state index contributed by atoms with van der Waals surface area (Å²) >= 11 is 3.00. The van der Waals surface area contributed by atoms with Gasteiger partial charge in [0.1, 0.15) is 4.90 Å². The average Bonchev–Trinajstić information content (AvgIpc) is 2.41. The van der Waals surface area contributed by atoms with Crippen LogP contribution in [0.5, 0.6) is 0 Å². The molecule has 114 valence electrons. The Morgan fingerprint density at radius 1 is 1.38 bits per heavy atom. The van der Waals surface area contributed by atoms with E-state index in [0.717, 1.165) is 18.6 Å². The third kappa shape index (κ3) is 3.69. The zero-order valence-corrected chi connectivity index (χ0v) is 13.2. The van der Waals surface area contributed by atoms with Gasteiger partial charge in [-0.25, -0.2) is 22.3 Å². The van der Waals surface area contributed by atoms with Crippen molar-refractivity contribution in [2.45, 2.75) is 30.2 Å². The number of carboxylic acids is 1. The van der Waals surface area contributed by atoms with Gasteiger partial charge in [0.2, 0.25) is 10.0 Å². The molecule has 5 nitrogen and oxygen atoms in total. The lowest BCUT2D eigenvalue weighted by atomic mass is 10.0. The molecule has 2 N–H and O–H groups in total. The van der Waals surface area contributed by atoms with Crippen LogP contribution in [0.15, 0.2) is 33.7 Å². The van der Waals surface area contributed by atoms with E-state index in [0.29, 0.717) is 12.8 Å². The number of carboxylic acid groups (broad SMARTS) is 1. The second-order valence-corrected chi connectivity index (χ2v) is 7.27. The van der Waals surface area contributed by atoms with Gasteiger partial charge in [0.15, 0.2) is 5.82 Å². The Labute approximate surface area is 130 Å². The number of carbonyl (C=O) groups is 1. The Morgan fingerprint density at radius 2 is 2.10 bits per heavy atom. The Morgan fingerprint density at radius 3 is 2.67 bits per heavy atom. The zero-order chi connectivity index (χ0) is 15.6. The number of rotatable bonds is 4. The van der Waals surface area contributed by atoms with Crippen molar-refractivity contribution in [2.75, 3.05) is 0 Å². The number of allylic oxidation sites excluding steroid dienone is 1. The summed E-state index contributed by atoms with van der Waals surface area (Å²) in [4.78, 5) is 10.3. The topological polar surface area (TPSA) is 83.5 Å². The van der Waals surface area contributed by atoms with Crippen LogP contribution < -0.4 is 4.72 Å². The predicted octanol–water partition coefficient (Wildman–Crippen LogP) is 2.67. The second kappa shape index (κ2) is 6.25. The lowest BCUT2D eigenvalue weighted by Gasteiger charge is -2.19. The normalized spacial score (nSPS) is 18.7. The molecule has 0 fully saturated rings. The number of hydrogen-bond donors (Lipinski definition) is 2. The molecule has 2 rings (SSSR count). The number of aromatic carboxylic acids is 1. The molecule has 0 aliphatic heterocycles. The van der Waals surface area contributed by atoms with Crippen LogP contribution in [0.2, 0.25) is 0 Å². The van der Waals surface area contributed by atoms with E-state index in [1.807, 2.05) is 12.2 Å². The Hall–Kier alpha value is -1.25. The highest BCUT2D eigenvalue weighted by molar-refractivity contribution is 9.10. The Balaban J connectivity index is 2.40. The third-order valence-corrected chi connectivity index (χ3v) is 5.09. The van der Waals surface area contributed by atoms with E-state index in [4.69, 9.17) is 5.11 Å². The molecule has 21 heavy (non-hydrogen) atoms. The first kappa shape index (κ1) is 16.1. The van der Waals surface area contributed by atoms with Gasteiger partial charge in [0.25, 0.3) is 0 Å². The van der Waals surface area contributed by atoms with Crippen LogP contribution >= 0.6 is 15.9 Å². The van der Waals surface area contributed by atoms with Crippen molar-refractivity contribution in [3.05, 3.63) is 40.1 Å². The van der Waals surface area contributed by atoms with Crippen LogP contribution in [0, 0.1) is 5.82 Å². The first-order valence-electron chi connectivity index (χ1n) is 6.21. The second-order valence-electron chi connectivity index (χ2n) is 4.67. The lowest BCUT2D eigenvalue weighted by molar-refractivity contribution is 0.0691. The lowest BCUT2D eigenvalue weighted by Crippen LogP contribution is -2.35. The molecular weight excluding hydrogens is 365 g/mol. The maximum atomic E-state index is 14.1. The fourth-order valence-corrected chi connectivity index (χ4v) is 4.12. The Kier molecular flexibility index (Phi) is 4.80. The van der Waals surface area contributed by atoms with E-state index >= 15 is 0 Å². The summed E-state index contributed by atoms with van der Waals surface area (Å²) in [6.07, 6.45) is 5.70. The standard InChI is InChI=1S/C13H13BrFNO4S/c14-8-6-10(13(17)18)12(15)11(7-8)21(19,20)16-9-4-2-1-3-5-9/h1-2,6-7,9,16H,3-5H2,(H,17,18). The summed E-state index contributed by atoms with van der Waals surface area (Å²) < 4.78 is 41.2. The van der Waals surface area contributed by atoms with E-state index < -0.39 is 32.3 Å². The van der Waals surface area contributed by atoms with Crippen LogP contribution in [0.3, 0.4) is 0 Å². The van der Waals surface area contributed by atoms with Gasteiger partial charge in [0, 0.05) is 10.5 Å². The molecular formula is C13H13BrFNO4S. The SMILES string of the molecule is O=C(O)c1cc(Br)cc(S(=O)(=O)NC2CC=CCC2)c1F. The van der Waals surface area contributed by atoms with E-state index in [1.54, 1.807) is 0 Å². The summed E-state index contributed by atoms with van der Waals surface area (Å²) in [6.45, 7) is 0. The van der Waals surface area contributed by atoms with Gasteiger partial charge < -0.3 is 5.11 Å². The summed E-state index contributed by atoms with van der Waals surface area (Å²) in [6, 6.07) is 1.77. The maximum Gasteiger partial charge on any atom is 0.338 e. The fraction of sp³-hybridized carbons (Fsp3) is 0.308. The van der Waals surface area contributed by atoms with Crippen molar-refractivity contribution in [2.24, 2.45) is 0 Å². The summed E-state index contributed by atoms with van der Waals surface area (Å²) in [5.74, 6) is -2.78. The van der Waals surface area contributed by atoms with Crippen molar-refractivity contribution < 1.29 is 22.7 Å². The number of hydrogen-bond acceptors (Lipinski definition) is 3. The van der Waals surface area contributed by atoms with Crippen molar-refractivity contribution in [3.8, 4) is 0 Å². The quantitative estimate of drug-likeness (QED) is 0.790. The van der Waals surface area contributed by atoms with E-state index in [2.05, 4.69) is 20.7 Å². The molecule has 1 aromatic rings. The molecule has 0 aromatic heterocycles. The number of halogens is 2. The van der Waals surface area contributed by atoms with E-state index in [-0.39, 0.29) is 10.5 Å². The van der Waals surface area contributed by atoms with Crippen molar-refractivity contribution in [3.63, 3.8) is 0 Å². The molecule has 1 atom stereocenters. The molecule has 1 aromatic carbocycles. The molecule has 1 unspecified atom stereocenters. The minimum absolute atomic E-state index is 0.185. The van der Waals surface area contributed by atoms with Crippen molar-refractivity contribution in [1.29, 1.82) is 0 Å². The van der Waals surface area contributed by atoms with Crippen LogP contribution in [0.25, 0.3) is 0 Å². The van der Waals surface area contributed by atoms with Gasteiger partial charge in [-0.1, -0.05) is 28.1 Å². The highest BCUT2D eigenvalue weighted by Gasteiger charge is 2.27. The first-order chi connectivity index (χ1) is 9.81. The highest BCUT2D eigenvalue weighted by atomic mass is 79.9. The number of benzene rings is 1. The van der Waals surface area contributed by atoms with Crippen LogP contribution in [0.1, 0.15) is 29.6 Å². The third-order valence-electron chi connectivity index (χ3n) is 3.11. The Bertz CT molecular complexity index is 702. The molecule has 1 aliphatic carbocycles. The molecule has 8 heteroatoms. The van der Waals surface area contributed by atoms with Gasteiger partial charge in [-0.2, -0.15) is 0 Å². The minimum atomic E-state index is -4.12. The largest absolute Gasteiger partial charge is 0.478 e. The van der Waals surface area contributed by atoms with Gasteiger partial charge in [0.05, 0.1) is 5.56 Å². The van der Waals surface area contributed by atoms with Crippen LogP contribution in [-0.4, -0.2) is 25.5 Å². The molecule has 0 saturated heterocycles. The molecule has 0 saturated carbocycles. The maximum absolute atomic E-state index is 14.1. The first-order valence-corrected chi connectivity index (χ1v) is 8.48. The molecule has 0 radical (unpaired) electrons. The fourth-order valence-electron chi connectivity index (χ4n) is 2.10. The molecule has 1 aliphatic rings. The smallest absolute Gasteiger partial charge is 0.338 e. The van der Waals surface area contributed by atoms with Crippen molar-refractivity contribution >= 4 is 31.9 Å². The zero-order valence-electron chi connectivity index (χ0n) is 10.8. The molecule has 0 amide bonds. The molecule has 0 bridgehead atoms. The monoisotopic (exact) mass is 377 g/mol. The highest BCUT2D eigenvalue weighted by Crippen LogP contribution is 2.25. The predicted molar refractivity (Wildman–Crippen MR) is 78.2 cm³/mol. The van der Waals surface area contributed by atoms with E-state index in [9.17, 15) is 17.6 Å². The summed E-state index contributed by atoms with van der Waals surface area (Å²) in [5.41, 5.74) is -0.687. The van der Waals surface area contributed by atoms with E-state index in [1.165, 1.54) is 0 Å². The average molecular weight is 378 g/mol. The summed E-state index contributed by atoms with van der Waals surface area (Å²) in [5, 5.41) is 8.92. The summed E-state index contributed by atoms with van der Waals surface area (Å²) in [7, 11) is -4.12. The minimum Gasteiger partial charge on any atom is -0.478 e. The number of sulfonamides is 1. The van der Waals surface area contributed by atoms with Crippen LogP contribution in [0.4, 0.5) is 4.39 Å². The molecule has 0 spiro atoms. The van der Waals surface area contributed by atoms with Gasteiger partial charge in [-0.15, -0.1) is 0 Å². The van der Waals surface area contributed by atoms with Gasteiger partial charge >= 0.3 is 5.97 Å². The van der Waals surface area contributed by atoms with Crippen molar-refractivity contribution in [1.82, 2.24) is 4.72 Å². The van der Waals surface area contributed by atoms with Crippen LogP contribution in [-0.2, 0) is 10.0 Å². The van der Waals surface area contributed by atoms with Gasteiger partial charge in [-0.05, 0) is 31.4 Å². The van der Waals surface area contributed by atoms with Gasteiger partial charge in [-0.3, -0.25) is 0 Å². The number of nitrogens with one attached hydrogen (secondary N) is 1. The molecule has 0 heterocycles.